The van der Waals surface area contributed by atoms with Crippen molar-refractivity contribution in [1.29, 1.82) is 0 Å². The van der Waals surface area contributed by atoms with Crippen LogP contribution < -0.4 is 5.32 Å². The number of hydrogen-bond acceptors (Lipinski definition) is 6. The average molecular weight is 471 g/mol. The van der Waals surface area contributed by atoms with Crippen LogP contribution in [0.3, 0.4) is 0 Å². The second-order valence-electron chi connectivity index (χ2n) is 8.37. The lowest BCUT2D eigenvalue weighted by molar-refractivity contribution is 0.0763. The summed E-state index contributed by atoms with van der Waals surface area (Å²) in [5.74, 6) is 0.735. The lowest BCUT2D eigenvalue weighted by Gasteiger charge is -2.27. The van der Waals surface area contributed by atoms with Gasteiger partial charge in [0.25, 0.3) is 0 Å². The minimum absolute atomic E-state index is 0.245. The molecule has 2 atom stereocenters. The van der Waals surface area contributed by atoms with Gasteiger partial charge >= 0.3 is 0 Å². The Labute approximate surface area is 198 Å². The Morgan fingerprint density at radius 2 is 1.97 bits per heavy atom. The number of aliphatic hydroxyl groups excluding tert-OH is 1. The second kappa shape index (κ2) is 11.1. The van der Waals surface area contributed by atoms with Crippen molar-refractivity contribution in [2.75, 3.05) is 31.8 Å². The van der Waals surface area contributed by atoms with E-state index in [9.17, 15) is 9.50 Å². The Balaban J connectivity index is 1.69. The highest BCUT2D eigenvalue weighted by molar-refractivity contribution is 7.98. The molecule has 2 N–H and O–H groups in total. The Kier molecular flexibility index (Phi) is 8.01. The summed E-state index contributed by atoms with van der Waals surface area (Å²) in [6.45, 7) is 1.90. The summed E-state index contributed by atoms with van der Waals surface area (Å²) >= 11 is 1.57. The van der Waals surface area contributed by atoms with Crippen LogP contribution in [0.15, 0.2) is 47.8 Å². The van der Waals surface area contributed by atoms with Crippen molar-refractivity contribution in [3.05, 3.63) is 48.4 Å². The molecule has 2 aromatic heterocycles. The van der Waals surface area contributed by atoms with Crippen molar-refractivity contribution < 1.29 is 14.2 Å². The molecule has 3 aromatic rings. The molecule has 1 fully saturated rings. The predicted octanol–water partition coefficient (Wildman–Crippen LogP) is 5.08. The average Bonchev–Trinajstić information content (AvgIpc) is 3.21. The van der Waals surface area contributed by atoms with Gasteiger partial charge in [0.05, 0.1) is 24.1 Å². The van der Waals surface area contributed by atoms with E-state index in [0.717, 1.165) is 59.2 Å². The zero-order chi connectivity index (χ0) is 23.2. The fourth-order valence-electron chi connectivity index (χ4n) is 4.42. The Morgan fingerprint density at radius 1 is 1.18 bits per heavy atom. The number of methoxy groups -OCH3 is 1. The zero-order valence-electron chi connectivity index (χ0n) is 19.1. The number of rotatable bonds is 9. The molecule has 0 radical (unpaired) electrons. The van der Waals surface area contributed by atoms with E-state index < -0.39 is 0 Å². The van der Waals surface area contributed by atoms with Gasteiger partial charge in [-0.15, -0.1) is 0 Å². The molecule has 0 unspecified atom stereocenters. The van der Waals surface area contributed by atoms with Crippen molar-refractivity contribution >= 4 is 17.6 Å². The topological polar surface area (TPSA) is 72.2 Å². The predicted molar refractivity (Wildman–Crippen MR) is 131 cm³/mol. The van der Waals surface area contributed by atoms with E-state index in [0.29, 0.717) is 19.7 Å². The van der Waals surface area contributed by atoms with Crippen molar-refractivity contribution in [3.8, 4) is 22.5 Å². The third kappa shape index (κ3) is 5.57. The maximum Gasteiger partial charge on any atom is 0.168 e. The van der Waals surface area contributed by atoms with Crippen molar-refractivity contribution in [3.63, 3.8) is 0 Å². The van der Waals surface area contributed by atoms with Crippen LogP contribution in [0, 0.1) is 11.7 Å². The molecule has 8 heteroatoms. The van der Waals surface area contributed by atoms with Crippen LogP contribution in [0.25, 0.3) is 22.5 Å². The molecule has 6 nitrogen and oxygen atoms in total. The monoisotopic (exact) mass is 470 g/mol. The molecule has 4 rings (SSSR count). The van der Waals surface area contributed by atoms with Crippen LogP contribution in [0.1, 0.15) is 25.7 Å². The molecule has 0 spiro atoms. The van der Waals surface area contributed by atoms with Gasteiger partial charge in [-0.2, -0.15) is 0 Å². The lowest BCUT2D eigenvalue weighted by atomic mass is 9.86. The minimum atomic E-state index is -0.274. The van der Waals surface area contributed by atoms with Gasteiger partial charge in [-0.05, 0) is 55.5 Å². The van der Waals surface area contributed by atoms with E-state index in [1.807, 2.05) is 18.4 Å². The Morgan fingerprint density at radius 3 is 2.70 bits per heavy atom. The SMILES string of the molecule is COCCn1c(SC)nc(-c2ccc(F)cc2)c1-c1ccnc(NC[C@H]2CCCC[C@@H]2O)c1. The molecule has 1 saturated carbocycles. The number of anilines is 1. The molecule has 0 bridgehead atoms. The highest BCUT2D eigenvalue weighted by atomic mass is 32.2. The van der Waals surface area contributed by atoms with Crippen LogP contribution in [-0.2, 0) is 11.3 Å². The molecule has 1 aromatic carbocycles. The molecule has 2 heterocycles. The number of aliphatic hydroxyl groups is 1. The summed E-state index contributed by atoms with van der Waals surface area (Å²) in [5.41, 5.74) is 3.58. The standard InChI is InChI=1S/C25H31FN4O2S/c1-32-14-13-30-24(23(29-25(30)33-2)17-7-9-20(26)10-8-17)18-11-12-27-22(15-18)28-16-19-5-3-4-6-21(19)31/h7-12,15,19,21,31H,3-6,13-14,16H2,1-2H3,(H,27,28)/t19-,21+/m1/s1. The van der Waals surface area contributed by atoms with Crippen LogP contribution in [-0.4, -0.2) is 52.3 Å². The third-order valence-electron chi connectivity index (χ3n) is 6.20. The summed E-state index contributed by atoms with van der Waals surface area (Å²) < 4.78 is 21.1. The number of hydrogen-bond donors (Lipinski definition) is 2. The summed E-state index contributed by atoms with van der Waals surface area (Å²) in [7, 11) is 1.68. The summed E-state index contributed by atoms with van der Waals surface area (Å²) in [6, 6.07) is 10.4. The number of pyridine rings is 1. The number of ether oxygens (including phenoxy) is 1. The molecule has 33 heavy (non-hydrogen) atoms. The van der Waals surface area contributed by atoms with Crippen molar-refractivity contribution in [2.45, 2.75) is 43.5 Å². The first-order valence-electron chi connectivity index (χ1n) is 11.4. The fraction of sp³-hybridized carbons (Fsp3) is 0.440. The lowest BCUT2D eigenvalue weighted by Crippen LogP contribution is -2.30. The van der Waals surface area contributed by atoms with Crippen molar-refractivity contribution in [1.82, 2.24) is 14.5 Å². The second-order valence-corrected chi connectivity index (χ2v) is 9.14. The van der Waals surface area contributed by atoms with E-state index in [4.69, 9.17) is 9.72 Å². The fourth-order valence-corrected chi connectivity index (χ4v) is 5.00. The number of thioether (sulfide) groups is 1. The van der Waals surface area contributed by atoms with E-state index >= 15 is 0 Å². The molecule has 0 saturated heterocycles. The number of nitrogens with zero attached hydrogens (tertiary/aromatic N) is 3. The Bertz CT molecular complexity index is 1060. The quantitative estimate of drug-likeness (QED) is 0.425. The molecule has 0 aliphatic heterocycles. The summed E-state index contributed by atoms with van der Waals surface area (Å²) in [4.78, 5) is 9.40. The molecule has 176 valence electrons. The van der Waals surface area contributed by atoms with E-state index in [1.54, 1.807) is 37.2 Å². The minimum Gasteiger partial charge on any atom is -0.393 e. The summed E-state index contributed by atoms with van der Waals surface area (Å²) in [5, 5.41) is 14.6. The number of nitrogens with one attached hydrogen (secondary N) is 1. The summed E-state index contributed by atoms with van der Waals surface area (Å²) in [6.07, 6.45) is 7.70. The normalized spacial score (nSPS) is 18.4. The first kappa shape index (κ1) is 23.7. The van der Waals surface area contributed by atoms with E-state index in [2.05, 4.69) is 14.9 Å². The first-order valence-corrected chi connectivity index (χ1v) is 12.6. The van der Waals surface area contributed by atoms with Gasteiger partial charge in [-0.1, -0.05) is 24.6 Å². The van der Waals surface area contributed by atoms with Crippen LogP contribution in [0.2, 0.25) is 0 Å². The maximum absolute atomic E-state index is 13.6. The maximum atomic E-state index is 13.6. The number of benzene rings is 1. The largest absolute Gasteiger partial charge is 0.393 e. The molecule has 0 amide bonds. The third-order valence-corrected chi connectivity index (χ3v) is 6.88. The smallest absolute Gasteiger partial charge is 0.168 e. The van der Waals surface area contributed by atoms with Gasteiger partial charge in [0.15, 0.2) is 5.16 Å². The first-order chi connectivity index (χ1) is 16.1. The van der Waals surface area contributed by atoms with Gasteiger partial charge in [0.2, 0.25) is 0 Å². The van der Waals surface area contributed by atoms with Gasteiger partial charge in [0, 0.05) is 43.4 Å². The number of halogens is 1. The van der Waals surface area contributed by atoms with Crippen LogP contribution >= 0.6 is 11.8 Å². The zero-order valence-corrected chi connectivity index (χ0v) is 19.9. The number of imidazole rings is 1. The Hall–Kier alpha value is -2.42. The van der Waals surface area contributed by atoms with E-state index in [-0.39, 0.29) is 17.8 Å². The van der Waals surface area contributed by atoms with Gasteiger partial charge in [0.1, 0.15) is 11.6 Å². The molecular formula is C25H31FN4O2S. The van der Waals surface area contributed by atoms with Crippen molar-refractivity contribution in [2.24, 2.45) is 5.92 Å². The highest BCUT2D eigenvalue weighted by Gasteiger charge is 2.23. The molecular weight excluding hydrogens is 439 g/mol. The number of aromatic nitrogens is 3. The van der Waals surface area contributed by atoms with Gasteiger partial charge in [-0.3, -0.25) is 0 Å². The molecule has 1 aliphatic rings. The van der Waals surface area contributed by atoms with Gasteiger partial charge < -0.3 is 19.7 Å². The highest BCUT2D eigenvalue weighted by Crippen LogP contribution is 2.36. The van der Waals surface area contributed by atoms with E-state index in [1.165, 1.54) is 12.1 Å². The van der Waals surface area contributed by atoms with Crippen LogP contribution in [0.4, 0.5) is 10.2 Å². The molecule has 1 aliphatic carbocycles. The van der Waals surface area contributed by atoms with Gasteiger partial charge in [-0.25, -0.2) is 14.4 Å². The van der Waals surface area contributed by atoms with Crippen LogP contribution in [0.5, 0.6) is 0 Å².